The predicted octanol–water partition coefficient (Wildman–Crippen LogP) is 3.47. The minimum Gasteiger partial charge on any atom is -0.476 e. The van der Waals surface area contributed by atoms with Crippen LogP contribution in [0.1, 0.15) is 48.8 Å². The van der Waals surface area contributed by atoms with Crippen LogP contribution in [-0.4, -0.2) is 20.9 Å². The zero-order valence-electron chi connectivity index (χ0n) is 11.2. The lowest BCUT2D eigenvalue weighted by atomic mass is 9.99. The molecule has 0 unspecified atom stereocenters. The molecule has 1 N–H and O–H groups in total. The Kier molecular flexibility index (Phi) is 4.00. The first-order chi connectivity index (χ1) is 9.17. The van der Waals surface area contributed by atoms with Crippen molar-refractivity contribution in [3.63, 3.8) is 0 Å². The zero-order chi connectivity index (χ0) is 13.8. The summed E-state index contributed by atoms with van der Waals surface area (Å²) in [4.78, 5) is 11.1. The first kappa shape index (κ1) is 13.3. The largest absolute Gasteiger partial charge is 0.476 e. The van der Waals surface area contributed by atoms with Gasteiger partial charge in [-0.25, -0.2) is 9.48 Å². The SMILES string of the molecule is CCC(CC)c1cc(C(=O)O)nn1-c1ccccc1. The number of carbonyl (C=O) groups is 1. The van der Waals surface area contributed by atoms with Gasteiger partial charge in [0.1, 0.15) is 0 Å². The number of benzene rings is 1. The van der Waals surface area contributed by atoms with E-state index < -0.39 is 5.97 Å². The van der Waals surface area contributed by atoms with Gasteiger partial charge >= 0.3 is 5.97 Å². The van der Waals surface area contributed by atoms with Gasteiger partial charge in [0.2, 0.25) is 0 Å². The fraction of sp³-hybridized carbons (Fsp3) is 0.333. The molecule has 19 heavy (non-hydrogen) atoms. The van der Waals surface area contributed by atoms with Gasteiger partial charge in [0.25, 0.3) is 0 Å². The van der Waals surface area contributed by atoms with Gasteiger partial charge in [0.05, 0.1) is 5.69 Å². The minimum absolute atomic E-state index is 0.103. The summed E-state index contributed by atoms with van der Waals surface area (Å²) in [6.45, 7) is 4.22. The lowest BCUT2D eigenvalue weighted by molar-refractivity contribution is 0.0690. The number of nitrogens with zero attached hydrogens (tertiary/aromatic N) is 2. The molecule has 2 rings (SSSR count). The molecule has 2 aromatic rings. The maximum Gasteiger partial charge on any atom is 0.356 e. The molecule has 0 saturated heterocycles. The zero-order valence-corrected chi connectivity index (χ0v) is 11.2. The average molecular weight is 258 g/mol. The third-order valence-electron chi connectivity index (χ3n) is 3.36. The maximum atomic E-state index is 11.1. The molecule has 0 radical (unpaired) electrons. The quantitative estimate of drug-likeness (QED) is 0.893. The Morgan fingerprint density at radius 2 is 1.89 bits per heavy atom. The topological polar surface area (TPSA) is 55.1 Å². The van der Waals surface area contributed by atoms with Crippen LogP contribution in [-0.2, 0) is 0 Å². The van der Waals surface area contributed by atoms with Gasteiger partial charge in [-0.2, -0.15) is 5.10 Å². The van der Waals surface area contributed by atoms with E-state index in [0.717, 1.165) is 24.2 Å². The van der Waals surface area contributed by atoms with E-state index in [1.165, 1.54) is 0 Å². The second-order valence-corrected chi connectivity index (χ2v) is 4.52. The molecule has 0 atom stereocenters. The smallest absolute Gasteiger partial charge is 0.356 e. The summed E-state index contributed by atoms with van der Waals surface area (Å²) in [6, 6.07) is 11.3. The van der Waals surface area contributed by atoms with Crippen LogP contribution in [0.3, 0.4) is 0 Å². The van der Waals surface area contributed by atoms with E-state index in [-0.39, 0.29) is 5.69 Å². The highest BCUT2D eigenvalue weighted by Gasteiger charge is 2.19. The van der Waals surface area contributed by atoms with E-state index >= 15 is 0 Å². The number of carboxylic acid groups (broad SMARTS) is 1. The van der Waals surface area contributed by atoms with E-state index in [0.29, 0.717) is 5.92 Å². The van der Waals surface area contributed by atoms with Gasteiger partial charge in [-0.3, -0.25) is 0 Å². The fourth-order valence-electron chi connectivity index (χ4n) is 2.27. The number of hydrogen-bond acceptors (Lipinski definition) is 2. The molecule has 1 aromatic heterocycles. The third-order valence-corrected chi connectivity index (χ3v) is 3.36. The van der Waals surface area contributed by atoms with Crippen molar-refractivity contribution < 1.29 is 9.90 Å². The van der Waals surface area contributed by atoms with Gasteiger partial charge in [-0.15, -0.1) is 0 Å². The van der Waals surface area contributed by atoms with Gasteiger partial charge in [0.15, 0.2) is 5.69 Å². The van der Waals surface area contributed by atoms with Crippen LogP contribution < -0.4 is 0 Å². The molecule has 1 aromatic carbocycles. The van der Waals surface area contributed by atoms with Crippen molar-refractivity contribution in [2.75, 3.05) is 0 Å². The van der Waals surface area contributed by atoms with Crippen molar-refractivity contribution in [1.82, 2.24) is 9.78 Å². The van der Waals surface area contributed by atoms with Crippen molar-refractivity contribution in [3.8, 4) is 5.69 Å². The molecule has 0 spiro atoms. The highest BCUT2D eigenvalue weighted by atomic mass is 16.4. The first-order valence-corrected chi connectivity index (χ1v) is 6.56. The lowest BCUT2D eigenvalue weighted by Crippen LogP contribution is -2.07. The highest BCUT2D eigenvalue weighted by molar-refractivity contribution is 5.85. The van der Waals surface area contributed by atoms with Gasteiger partial charge in [0, 0.05) is 11.6 Å². The number of hydrogen-bond donors (Lipinski definition) is 1. The molecule has 0 aliphatic heterocycles. The Morgan fingerprint density at radius 1 is 1.26 bits per heavy atom. The fourth-order valence-corrected chi connectivity index (χ4v) is 2.27. The highest BCUT2D eigenvalue weighted by Crippen LogP contribution is 2.26. The summed E-state index contributed by atoms with van der Waals surface area (Å²) >= 11 is 0. The van der Waals surface area contributed by atoms with Crippen LogP contribution in [0, 0.1) is 0 Å². The monoisotopic (exact) mass is 258 g/mol. The molecule has 0 saturated carbocycles. The van der Waals surface area contributed by atoms with Crippen LogP contribution in [0.15, 0.2) is 36.4 Å². The Morgan fingerprint density at radius 3 is 2.42 bits per heavy atom. The Hall–Kier alpha value is -2.10. The van der Waals surface area contributed by atoms with Crippen LogP contribution in [0.5, 0.6) is 0 Å². The second kappa shape index (κ2) is 5.69. The standard InChI is InChI=1S/C15H18N2O2/c1-3-11(4-2)14-10-13(15(18)19)16-17(14)12-8-6-5-7-9-12/h5-11H,3-4H2,1-2H3,(H,18,19). The molecule has 0 amide bonds. The Labute approximate surface area is 112 Å². The van der Waals surface area contributed by atoms with Crippen LogP contribution in [0.4, 0.5) is 0 Å². The normalized spacial score (nSPS) is 10.9. The van der Waals surface area contributed by atoms with E-state index in [2.05, 4.69) is 18.9 Å². The van der Waals surface area contributed by atoms with Gasteiger partial charge in [-0.05, 0) is 31.0 Å². The van der Waals surface area contributed by atoms with Gasteiger partial charge < -0.3 is 5.11 Å². The summed E-state index contributed by atoms with van der Waals surface area (Å²) in [5.74, 6) is -0.664. The molecule has 0 fully saturated rings. The molecule has 0 bridgehead atoms. The maximum absolute atomic E-state index is 11.1. The lowest BCUT2D eigenvalue weighted by Gasteiger charge is -2.14. The first-order valence-electron chi connectivity index (χ1n) is 6.56. The number of rotatable bonds is 5. The van der Waals surface area contributed by atoms with E-state index in [9.17, 15) is 4.79 Å². The Balaban J connectivity index is 2.55. The van der Waals surface area contributed by atoms with Crippen molar-refractivity contribution in [1.29, 1.82) is 0 Å². The van der Waals surface area contributed by atoms with Crippen molar-refractivity contribution in [2.45, 2.75) is 32.6 Å². The summed E-state index contributed by atoms with van der Waals surface area (Å²) in [5.41, 5.74) is 1.97. The van der Waals surface area contributed by atoms with E-state index in [4.69, 9.17) is 5.11 Å². The molecular weight excluding hydrogens is 240 g/mol. The number of aromatic carboxylic acids is 1. The van der Waals surface area contributed by atoms with Crippen LogP contribution in [0.2, 0.25) is 0 Å². The summed E-state index contributed by atoms with van der Waals surface area (Å²) < 4.78 is 1.75. The minimum atomic E-state index is -0.984. The molecule has 100 valence electrons. The molecular formula is C15H18N2O2. The van der Waals surface area contributed by atoms with Gasteiger partial charge in [-0.1, -0.05) is 32.0 Å². The third kappa shape index (κ3) is 2.67. The summed E-state index contributed by atoms with van der Waals surface area (Å²) in [7, 11) is 0. The van der Waals surface area contributed by atoms with Crippen LogP contribution >= 0.6 is 0 Å². The van der Waals surface area contributed by atoms with Crippen molar-refractivity contribution in [2.24, 2.45) is 0 Å². The van der Waals surface area contributed by atoms with E-state index in [1.807, 2.05) is 30.3 Å². The summed E-state index contributed by atoms with van der Waals surface area (Å²) in [6.07, 6.45) is 1.93. The van der Waals surface area contributed by atoms with E-state index in [1.54, 1.807) is 10.7 Å². The second-order valence-electron chi connectivity index (χ2n) is 4.52. The molecule has 0 aliphatic rings. The predicted molar refractivity (Wildman–Crippen MR) is 73.8 cm³/mol. The molecule has 4 nitrogen and oxygen atoms in total. The van der Waals surface area contributed by atoms with Crippen molar-refractivity contribution >= 4 is 5.97 Å². The number of aromatic nitrogens is 2. The number of para-hydroxylation sites is 1. The summed E-state index contributed by atoms with van der Waals surface area (Å²) in [5, 5.41) is 13.3. The van der Waals surface area contributed by atoms with Crippen molar-refractivity contribution in [3.05, 3.63) is 47.8 Å². The Bertz CT molecular complexity index is 557. The average Bonchev–Trinajstić information content (AvgIpc) is 2.86. The number of carboxylic acids is 1. The molecule has 4 heteroatoms. The molecule has 1 heterocycles. The van der Waals surface area contributed by atoms with Crippen LogP contribution in [0.25, 0.3) is 5.69 Å². The molecule has 0 aliphatic carbocycles.